The van der Waals surface area contributed by atoms with Crippen LogP contribution in [-0.2, 0) is 13.0 Å². The lowest BCUT2D eigenvalue weighted by atomic mass is 10.2. The van der Waals surface area contributed by atoms with Crippen LogP contribution in [0.25, 0.3) is 0 Å². The number of nitrogens with one attached hydrogen (secondary N) is 2. The molecule has 0 unspecified atom stereocenters. The Hall–Kier alpha value is -2.74. The molecule has 5 heteroatoms. The summed E-state index contributed by atoms with van der Waals surface area (Å²) in [5.41, 5.74) is 1.26. The number of nitrogens with zero attached hydrogens (tertiary/aromatic N) is 3. The number of hydrogen-bond donors (Lipinski definition) is 2. The van der Waals surface area contributed by atoms with Crippen molar-refractivity contribution in [2.75, 3.05) is 19.6 Å². The minimum absolute atomic E-state index is 0.467. The molecule has 1 heterocycles. The van der Waals surface area contributed by atoms with Crippen molar-refractivity contribution in [3.8, 4) is 12.3 Å². The van der Waals surface area contributed by atoms with Crippen LogP contribution in [0.15, 0.2) is 47.7 Å². The topological polar surface area (TPSA) is 54.2 Å². The molecule has 0 radical (unpaired) electrons. The number of benzene rings is 1. The second-order valence-electron chi connectivity index (χ2n) is 5.03. The number of rotatable bonds is 7. The molecular formula is C18H23N5. The molecule has 120 valence electrons. The van der Waals surface area contributed by atoms with Gasteiger partial charge in [0.1, 0.15) is 5.82 Å². The third-order valence-corrected chi connectivity index (χ3v) is 3.30. The Morgan fingerprint density at radius 3 is 2.87 bits per heavy atom. The fourth-order valence-electron chi connectivity index (χ4n) is 2.24. The van der Waals surface area contributed by atoms with Crippen LogP contribution in [0, 0.1) is 12.3 Å². The predicted molar refractivity (Wildman–Crippen MR) is 94.3 cm³/mol. The van der Waals surface area contributed by atoms with Crippen LogP contribution in [0.4, 0.5) is 0 Å². The number of hydrogen-bond acceptors (Lipinski definition) is 2. The predicted octanol–water partition coefficient (Wildman–Crippen LogP) is 1.66. The summed E-state index contributed by atoms with van der Waals surface area (Å²) in [7, 11) is 0. The molecule has 0 spiro atoms. The third-order valence-electron chi connectivity index (χ3n) is 3.30. The molecule has 0 amide bonds. The summed E-state index contributed by atoms with van der Waals surface area (Å²) in [5, 5.41) is 6.25. The fourth-order valence-corrected chi connectivity index (χ4v) is 2.24. The molecule has 1 aromatic carbocycles. The van der Waals surface area contributed by atoms with Gasteiger partial charge in [0.25, 0.3) is 0 Å². The Kier molecular flexibility index (Phi) is 6.73. The van der Waals surface area contributed by atoms with E-state index < -0.39 is 0 Å². The molecule has 0 atom stereocenters. The second kappa shape index (κ2) is 9.31. The van der Waals surface area contributed by atoms with Crippen LogP contribution in [0.1, 0.15) is 18.3 Å². The molecule has 0 saturated carbocycles. The molecule has 2 N–H and O–H groups in total. The average Bonchev–Trinajstić information content (AvgIpc) is 3.00. The average molecular weight is 309 g/mol. The minimum atomic E-state index is 0.467. The Balaban J connectivity index is 1.93. The van der Waals surface area contributed by atoms with Crippen LogP contribution in [0.2, 0.25) is 0 Å². The summed E-state index contributed by atoms with van der Waals surface area (Å²) >= 11 is 0. The highest BCUT2D eigenvalue weighted by atomic mass is 15.2. The summed E-state index contributed by atoms with van der Waals surface area (Å²) in [6.45, 7) is 4.79. The van der Waals surface area contributed by atoms with Crippen molar-refractivity contribution >= 4 is 5.96 Å². The van der Waals surface area contributed by atoms with Gasteiger partial charge in [0.05, 0.1) is 6.54 Å². The highest BCUT2D eigenvalue weighted by molar-refractivity contribution is 5.79. The van der Waals surface area contributed by atoms with Gasteiger partial charge in [-0.05, 0) is 12.5 Å². The number of terminal acetylenes is 1. The van der Waals surface area contributed by atoms with E-state index in [1.54, 1.807) is 0 Å². The van der Waals surface area contributed by atoms with Gasteiger partial charge >= 0.3 is 0 Å². The van der Waals surface area contributed by atoms with E-state index in [4.69, 9.17) is 6.42 Å². The highest BCUT2D eigenvalue weighted by Gasteiger charge is 2.03. The summed E-state index contributed by atoms with van der Waals surface area (Å²) in [4.78, 5) is 8.96. The molecular weight excluding hydrogens is 286 g/mol. The van der Waals surface area contributed by atoms with Gasteiger partial charge in [0, 0.05) is 38.4 Å². The van der Waals surface area contributed by atoms with Crippen LogP contribution in [0.5, 0.6) is 0 Å². The van der Waals surface area contributed by atoms with Gasteiger partial charge in [-0.25, -0.2) is 4.98 Å². The highest BCUT2D eigenvalue weighted by Crippen LogP contribution is 2.06. The summed E-state index contributed by atoms with van der Waals surface area (Å²) < 4.78 is 2.16. The molecule has 0 aliphatic heterocycles. The van der Waals surface area contributed by atoms with E-state index >= 15 is 0 Å². The normalized spacial score (nSPS) is 11.0. The molecule has 0 fully saturated rings. The van der Waals surface area contributed by atoms with Gasteiger partial charge in [-0.15, -0.1) is 6.42 Å². The van der Waals surface area contributed by atoms with Gasteiger partial charge in [0.2, 0.25) is 0 Å². The van der Waals surface area contributed by atoms with E-state index in [-0.39, 0.29) is 0 Å². The summed E-state index contributed by atoms with van der Waals surface area (Å²) in [6.07, 6.45) is 9.89. The quantitative estimate of drug-likeness (QED) is 0.465. The van der Waals surface area contributed by atoms with Crippen molar-refractivity contribution in [1.29, 1.82) is 0 Å². The molecule has 0 aliphatic carbocycles. The largest absolute Gasteiger partial charge is 0.357 e. The Bertz CT molecular complexity index is 652. The van der Waals surface area contributed by atoms with Crippen LogP contribution < -0.4 is 10.6 Å². The first kappa shape index (κ1) is 16.6. The maximum atomic E-state index is 5.26. The Morgan fingerprint density at radius 1 is 1.30 bits per heavy atom. The molecule has 0 aliphatic rings. The maximum Gasteiger partial charge on any atom is 0.192 e. The molecule has 1 aromatic heterocycles. The van der Waals surface area contributed by atoms with E-state index in [1.165, 1.54) is 5.56 Å². The van der Waals surface area contributed by atoms with Crippen LogP contribution in [0.3, 0.4) is 0 Å². The summed E-state index contributed by atoms with van der Waals surface area (Å²) in [5.74, 6) is 4.32. The molecule has 5 nitrogen and oxygen atoms in total. The lowest BCUT2D eigenvalue weighted by molar-refractivity contribution is 0.714. The van der Waals surface area contributed by atoms with Gasteiger partial charge in [0.15, 0.2) is 5.96 Å². The monoisotopic (exact) mass is 309 g/mol. The second-order valence-corrected chi connectivity index (χ2v) is 5.03. The van der Waals surface area contributed by atoms with Crippen molar-refractivity contribution in [2.45, 2.75) is 19.9 Å². The number of imidazole rings is 1. The van der Waals surface area contributed by atoms with E-state index in [2.05, 4.69) is 55.4 Å². The van der Waals surface area contributed by atoms with Crippen molar-refractivity contribution in [2.24, 2.45) is 4.99 Å². The standard InChI is InChI=1S/C18H23N5/c1-3-11-21-18(19-4-2)22-12-10-17-20-13-14-23(17)15-16-8-6-5-7-9-16/h1,5-9,13-14H,4,10-12,15H2,2H3,(H2,19,21,22). The molecule has 0 saturated heterocycles. The van der Waals surface area contributed by atoms with Gasteiger partial charge < -0.3 is 15.2 Å². The zero-order chi connectivity index (χ0) is 16.3. The SMILES string of the molecule is C#CCNC(=NCCc1nccn1Cc1ccccc1)NCC. The number of aromatic nitrogens is 2. The van der Waals surface area contributed by atoms with E-state index in [1.807, 2.05) is 25.4 Å². The summed E-state index contributed by atoms with van der Waals surface area (Å²) in [6, 6.07) is 10.4. The van der Waals surface area contributed by atoms with Gasteiger partial charge in [-0.1, -0.05) is 36.3 Å². The van der Waals surface area contributed by atoms with E-state index in [9.17, 15) is 0 Å². The Labute approximate surface area is 137 Å². The molecule has 23 heavy (non-hydrogen) atoms. The first-order chi connectivity index (χ1) is 11.3. The van der Waals surface area contributed by atoms with Gasteiger partial charge in [-0.2, -0.15) is 0 Å². The third kappa shape index (κ3) is 5.51. The smallest absolute Gasteiger partial charge is 0.192 e. The molecule has 0 bridgehead atoms. The number of aliphatic imine (C=N–C) groups is 1. The first-order valence-corrected chi connectivity index (χ1v) is 7.83. The van der Waals surface area contributed by atoms with E-state index in [0.717, 1.165) is 31.3 Å². The van der Waals surface area contributed by atoms with Crippen molar-refractivity contribution in [3.63, 3.8) is 0 Å². The molecule has 2 aromatic rings. The molecule has 2 rings (SSSR count). The minimum Gasteiger partial charge on any atom is -0.357 e. The van der Waals surface area contributed by atoms with Crippen molar-refractivity contribution in [1.82, 2.24) is 20.2 Å². The van der Waals surface area contributed by atoms with Gasteiger partial charge in [-0.3, -0.25) is 4.99 Å². The zero-order valence-corrected chi connectivity index (χ0v) is 13.5. The van der Waals surface area contributed by atoms with Crippen LogP contribution in [-0.4, -0.2) is 35.1 Å². The fraction of sp³-hybridized carbons (Fsp3) is 0.333. The van der Waals surface area contributed by atoms with Crippen LogP contribution >= 0.6 is 0 Å². The Morgan fingerprint density at radius 2 is 2.13 bits per heavy atom. The number of guanidine groups is 1. The first-order valence-electron chi connectivity index (χ1n) is 7.83. The van der Waals surface area contributed by atoms with Crippen molar-refractivity contribution < 1.29 is 0 Å². The zero-order valence-electron chi connectivity index (χ0n) is 13.5. The lowest BCUT2D eigenvalue weighted by Crippen LogP contribution is -2.37. The van der Waals surface area contributed by atoms with E-state index in [0.29, 0.717) is 13.1 Å². The lowest BCUT2D eigenvalue weighted by Gasteiger charge is -2.09. The maximum absolute atomic E-state index is 5.26. The van der Waals surface area contributed by atoms with Crippen molar-refractivity contribution in [3.05, 3.63) is 54.1 Å².